The first-order valence-corrected chi connectivity index (χ1v) is 12.4. The summed E-state index contributed by atoms with van der Waals surface area (Å²) in [6.45, 7) is 4.73. The summed E-state index contributed by atoms with van der Waals surface area (Å²) in [7, 11) is 1.62. The normalized spacial score (nSPS) is 24.2. The highest BCUT2D eigenvalue weighted by Gasteiger charge is 2.48. The molecule has 3 atom stereocenters. The summed E-state index contributed by atoms with van der Waals surface area (Å²) >= 11 is 0. The van der Waals surface area contributed by atoms with Crippen LogP contribution in [-0.4, -0.2) is 40.0 Å². The summed E-state index contributed by atoms with van der Waals surface area (Å²) in [6, 6.07) is 15.2. The van der Waals surface area contributed by atoms with Crippen LogP contribution in [0.3, 0.4) is 0 Å². The second-order valence-corrected chi connectivity index (χ2v) is 10.0. The van der Waals surface area contributed by atoms with Gasteiger partial charge in [0.15, 0.2) is 0 Å². The number of furan rings is 1. The van der Waals surface area contributed by atoms with E-state index in [0.29, 0.717) is 30.5 Å². The molecule has 3 aromatic rings. The minimum Gasteiger partial charge on any atom is -0.497 e. The van der Waals surface area contributed by atoms with Crippen LogP contribution in [0.25, 0.3) is 11.5 Å². The Balaban J connectivity index is 1.53. The number of hydrogen-bond acceptors (Lipinski definition) is 4. The number of methoxy groups -OCH3 is 1. The van der Waals surface area contributed by atoms with Crippen molar-refractivity contribution in [2.45, 2.75) is 64.2 Å². The third-order valence-electron chi connectivity index (χ3n) is 7.67. The van der Waals surface area contributed by atoms with E-state index in [4.69, 9.17) is 9.15 Å². The fourth-order valence-electron chi connectivity index (χ4n) is 5.47. The van der Waals surface area contributed by atoms with Crippen LogP contribution in [0, 0.1) is 5.92 Å². The van der Waals surface area contributed by atoms with Crippen LogP contribution in [-0.2, 0) is 17.9 Å². The van der Waals surface area contributed by atoms with E-state index >= 15 is 0 Å². The van der Waals surface area contributed by atoms with Gasteiger partial charge in [-0.1, -0.05) is 31.9 Å². The van der Waals surface area contributed by atoms with Gasteiger partial charge in [-0.05, 0) is 67.6 Å². The molecule has 1 aromatic carbocycles. The smallest absolute Gasteiger partial charge is 0.271 e. The molecule has 2 aliphatic rings. The summed E-state index contributed by atoms with van der Waals surface area (Å²) in [5.74, 6) is 1.53. The van der Waals surface area contributed by atoms with Gasteiger partial charge in [0.25, 0.3) is 5.91 Å². The number of amides is 2. The lowest BCUT2D eigenvalue weighted by Gasteiger charge is -2.45. The van der Waals surface area contributed by atoms with Crippen molar-refractivity contribution in [1.29, 1.82) is 0 Å². The predicted molar refractivity (Wildman–Crippen MR) is 133 cm³/mol. The largest absolute Gasteiger partial charge is 0.497 e. The Morgan fingerprint density at radius 3 is 2.69 bits per heavy atom. The molecule has 0 unspecified atom stereocenters. The molecular formula is C28H33N3O4. The Morgan fingerprint density at radius 2 is 1.94 bits per heavy atom. The van der Waals surface area contributed by atoms with Gasteiger partial charge in [-0.25, -0.2) is 0 Å². The molecule has 7 heteroatoms. The standard InChI is InChI=1S/C28H33N3O4/c1-19-8-4-5-11-22(19)29-27(33)28(2)18-30-23(25-12-7-15-35-25)13-14-24(30)26(32)31(28)17-20-9-6-10-21(16-20)34-3/h6-7,9-10,12-16,19,22H,4-5,8,11,17-18H2,1-3H3,(H,29,33)/t19-,22+,28-/m1/s1. The Hall–Kier alpha value is -3.48. The molecule has 1 fully saturated rings. The van der Waals surface area contributed by atoms with Crippen molar-refractivity contribution in [3.8, 4) is 17.2 Å². The quantitative estimate of drug-likeness (QED) is 0.552. The van der Waals surface area contributed by atoms with E-state index in [1.807, 2.05) is 60.0 Å². The van der Waals surface area contributed by atoms with Gasteiger partial charge >= 0.3 is 0 Å². The highest BCUT2D eigenvalue weighted by atomic mass is 16.5. The maximum Gasteiger partial charge on any atom is 0.271 e. The molecule has 1 saturated carbocycles. The maximum atomic E-state index is 14.0. The topological polar surface area (TPSA) is 76.7 Å². The maximum absolute atomic E-state index is 14.0. The number of fused-ring (bicyclic) bond motifs is 1. The third kappa shape index (κ3) is 4.24. The second kappa shape index (κ2) is 9.29. The molecule has 0 bridgehead atoms. The summed E-state index contributed by atoms with van der Waals surface area (Å²) in [6.07, 6.45) is 6.01. The number of nitrogens with one attached hydrogen (secondary N) is 1. The molecule has 0 radical (unpaired) electrons. The van der Waals surface area contributed by atoms with E-state index in [1.54, 1.807) is 18.3 Å². The second-order valence-electron chi connectivity index (χ2n) is 10.0. The molecule has 35 heavy (non-hydrogen) atoms. The van der Waals surface area contributed by atoms with Crippen molar-refractivity contribution in [2.75, 3.05) is 7.11 Å². The van der Waals surface area contributed by atoms with Crippen LogP contribution in [0.15, 0.2) is 59.2 Å². The molecule has 2 aromatic heterocycles. The number of carbonyl (C=O) groups excluding carboxylic acids is 2. The lowest BCUT2D eigenvalue weighted by Crippen LogP contribution is -2.65. The zero-order chi connectivity index (χ0) is 24.6. The summed E-state index contributed by atoms with van der Waals surface area (Å²) in [5.41, 5.74) is 1.18. The van der Waals surface area contributed by atoms with Gasteiger partial charge in [0.05, 0.1) is 25.6 Å². The average molecular weight is 476 g/mol. The first-order chi connectivity index (χ1) is 16.9. The number of nitrogens with zero attached hydrogens (tertiary/aromatic N) is 2. The summed E-state index contributed by atoms with van der Waals surface area (Å²) < 4.78 is 12.9. The zero-order valence-electron chi connectivity index (χ0n) is 20.6. The third-order valence-corrected chi connectivity index (χ3v) is 7.67. The van der Waals surface area contributed by atoms with Gasteiger partial charge in [-0.3, -0.25) is 9.59 Å². The highest BCUT2D eigenvalue weighted by molar-refractivity contribution is 6.00. The van der Waals surface area contributed by atoms with Crippen LogP contribution < -0.4 is 10.1 Å². The fraction of sp³-hybridized carbons (Fsp3) is 0.429. The van der Waals surface area contributed by atoms with Crippen molar-refractivity contribution >= 4 is 11.8 Å². The van der Waals surface area contributed by atoms with Gasteiger partial charge in [0.1, 0.15) is 22.7 Å². The summed E-state index contributed by atoms with van der Waals surface area (Å²) in [4.78, 5) is 29.6. The molecule has 2 amide bonds. The number of rotatable bonds is 6. The molecule has 184 valence electrons. The number of ether oxygens (including phenoxy) is 1. The lowest BCUT2D eigenvalue weighted by atomic mass is 9.85. The van der Waals surface area contributed by atoms with Crippen LogP contribution in [0.1, 0.15) is 55.6 Å². The molecule has 5 rings (SSSR count). The molecule has 3 heterocycles. The van der Waals surface area contributed by atoms with E-state index in [2.05, 4.69) is 12.2 Å². The zero-order valence-corrected chi connectivity index (χ0v) is 20.6. The number of carbonyl (C=O) groups is 2. The Bertz CT molecular complexity index is 1210. The van der Waals surface area contributed by atoms with Crippen molar-refractivity contribution in [2.24, 2.45) is 5.92 Å². The van der Waals surface area contributed by atoms with Crippen LogP contribution >= 0.6 is 0 Å². The molecule has 1 aliphatic heterocycles. The summed E-state index contributed by atoms with van der Waals surface area (Å²) in [5, 5.41) is 3.32. The number of benzene rings is 1. The van der Waals surface area contributed by atoms with Crippen molar-refractivity contribution in [3.05, 3.63) is 66.1 Å². The van der Waals surface area contributed by atoms with Crippen molar-refractivity contribution in [1.82, 2.24) is 14.8 Å². The number of aromatic nitrogens is 1. The Labute approximate surface area is 206 Å². The van der Waals surface area contributed by atoms with Crippen molar-refractivity contribution in [3.63, 3.8) is 0 Å². The van der Waals surface area contributed by atoms with E-state index in [-0.39, 0.29) is 17.9 Å². The van der Waals surface area contributed by atoms with Crippen LogP contribution in [0.5, 0.6) is 5.75 Å². The highest BCUT2D eigenvalue weighted by Crippen LogP contribution is 2.35. The predicted octanol–water partition coefficient (Wildman–Crippen LogP) is 4.87. The SMILES string of the molecule is COc1cccc(CN2C(=O)c3ccc(-c4ccco4)n3C[C@]2(C)C(=O)N[C@H]2CCCC[C@H]2C)c1. The molecule has 1 aliphatic carbocycles. The van der Waals surface area contributed by atoms with E-state index in [1.165, 1.54) is 6.42 Å². The molecular weight excluding hydrogens is 442 g/mol. The molecule has 0 spiro atoms. The van der Waals surface area contributed by atoms with Crippen molar-refractivity contribution < 1.29 is 18.7 Å². The Morgan fingerprint density at radius 1 is 1.14 bits per heavy atom. The van der Waals surface area contributed by atoms with Crippen LogP contribution in [0.2, 0.25) is 0 Å². The molecule has 1 N–H and O–H groups in total. The fourth-order valence-corrected chi connectivity index (χ4v) is 5.47. The van der Waals surface area contributed by atoms with E-state index < -0.39 is 5.54 Å². The number of hydrogen-bond donors (Lipinski definition) is 1. The lowest BCUT2D eigenvalue weighted by molar-refractivity contribution is -0.134. The first kappa shape index (κ1) is 23.3. The van der Waals surface area contributed by atoms with Crippen LogP contribution in [0.4, 0.5) is 0 Å². The molecule has 7 nitrogen and oxygen atoms in total. The van der Waals surface area contributed by atoms with Gasteiger partial charge in [0, 0.05) is 12.6 Å². The monoisotopic (exact) mass is 475 g/mol. The average Bonchev–Trinajstić information content (AvgIpc) is 3.53. The Kier molecular flexibility index (Phi) is 6.17. The minimum atomic E-state index is -1.08. The molecule has 0 saturated heterocycles. The first-order valence-electron chi connectivity index (χ1n) is 12.4. The minimum absolute atomic E-state index is 0.114. The van der Waals surface area contributed by atoms with Gasteiger partial charge in [-0.15, -0.1) is 0 Å². The van der Waals surface area contributed by atoms with E-state index in [0.717, 1.165) is 36.3 Å². The van der Waals surface area contributed by atoms with E-state index in [9.17, 15) is 9.59 Å². The van der Waals surface area contributed by atoms with Gasteiger partial charge in [-0.2, -0.15) is 0 Å². The van der Waals surface area contributed by atoms with Gasteiger partial charge in [0.2, 0.25) is 5.91 Å². The van der Waals surface area contributed by atoms with Gasteiger partial charge < -0.3 is 23.9 Å².